The summed E-state index contributed by atoms with van der Waals surface area (Å²) < 4.78 is 0. The summed E-state index contributed by atoms with van der Waals surface area (Å²) in [5.74, 6) is -0.620. The van der Waals surface area contributed by atoms with E-state index in [0.29, 0.717) is 5.92 Å². The Labute approximate surface area is 90.0 Å². The summed E-state index contributed by atoms with van der Waals surface area (Å²) in [7, 11) is 0. The zero-order chi connectivity index (χ0) is 11.3. The molecule has 0 spiro atoms. The van der Waals surface area contributed by atoms with Crippen LogP contribution in [0.1, 0.15) is 45.4 Å². The van der Waals surface area contributed by atoms with Crippen LogP contribution in [0.25, 0.3) is 0 Å². The van der Waals surface area contributed by atoms with Gasteiger partial charge in [-0.3, -0.25) is 9.59 Å². The van der Waals surface area contributed by atoms with Crippen molar-refractivity contribution in [1.29, 1.82) is 0 Å². The van der Waals surface area contributed by atoms with Crippen LogP contribution in [0.5, 0.6) is 0 Å². The Morgan fingerprint density at radius 3 is 2.40 bits per heavy atom. The summed E-state index contributed by atoms with van der Waals surface area (Å²) in [6.07, 6.45) is 5.66. The standard InChI is InChI=1S/C11H19NO3/c1-8(13)12-10(7-11(14)15)9-5-3-2-4-6-9/h9-10H,2-7H2,1H3,(H,12,13)(H,14,15). The third-order valence-corrected chi connectivity index (χ3v) is 3.00. The van der Waals surface area contributed by atoms with Crippen molar-refractivity contribution in [2.45, 2.75) is 51.5 Å². The molecule has 1 aliphatic carbocycles. The highest BCUT2D eigenvalue weighted by Crippen LogP contribution is 2.27. The van der Waals surface area contributed by atoms with Gasteiger partial charge in [-0.05, 0) is 18.8 Å². The molecule has 0 aliphatic heterocycles. The van der Waals surface area contributed by atoms with E-state index < -0.39 is 5.97 Å². The number of aliphatic carboxylic acids is 1. The summed E-state index contributed by atoms with van der Waals surface area (Å²) in [5, 5.41) is 11.5. The summed E-state index contributed by atoms with van der Waals surface area (Å²) >= 11 is 0. The molecular weight excluding hydrogens is 194 g/mol. The lowest BCUT2D eigenvalue weighted by Gasteiger charge is -2.29. The zero-order valence-electron chi connectivity index (χ0n) is 9.16. The van der Waals surface area contributed by atoms with Gasteiger partial charge in [0.15, 0.2) is 0 Å². The van der Waals surface area contributed by atoms with Gasteiger partial charge < -0.3 is 10.4 Å². The molecule has 1 atom stereocenters. The maximum absolute atomic E-state index is 11.0. The lowest BCUT2D eigenvalue weighted by Crippen LogP contribution is -2.41. The van der Waals surface area contributed by atoms with Crippen LogP contribution in [0.4, 0.5) is 0 Å². The van der Waals surface area contributed by atoms with Crippen molar-refractivity contribution >= 4 is 11.9 Å². The van der Waals surface area contributed by atoms with E-state index in [-0.39, 0.29) is 18.4 Å². The lowest BCUT2D eigenvalue weighted by molar-refractivity contribution is -0.138. The molecule has 4 nitrogen and oxygen atoms in total. The molecular formula is C11H19NO3. The summed E-state index contributed by atoms with van der Waals surface area (Å²) in [4.78, 5) is 21.7. The van der Waals surface area contributed by atoms with Crippen LogP contribution in [0.3, 0.4) is 0 Å². The van der Waals surface area contributed by atoms with Crippen molar-refractivity contribution in [3.05, 3.63) is 0 Å². The second-order valence-electron chi connectivity index (χ2n) is 4.30. The minimum Gasteiger partial charge on any atom is -0.481 e. The van der Waals surface area contributed by atoms with Gasteiger partial charge in [-0.25, -0.2) is 0 Å². The molecule has 4 heteroatoms. The molecule has 0 aromatic rings. The number of amides is 1. The van der Waals surface area contributed by atoms with E-state index in [4.69, 9.17) is 5.11 Å². The smallest absolute Gasteiger partial charge is 0.305 e. The fourth-order valence-electron chi connectivity index (χ4n) is 2.32. The van der Waals surface area contributed by atoms with Crippen LogP contribution in [-0.2, 0) is 9.59 Å². The van der Waals surface area contributed by atoms with Gasteiger partial charge in [-0.1, -0.05) is 19.3 Å². The SMILES string of the molecule is CC(=O)NC(CC(=O)O)C1CCCCC1. The molecule has 1 amide bonds. The monoisotopic (exact) mass is 213 g/mol. The molecule has 1 unspecified atom stereocenters. The van der Waals surface area contributed by atoms with Crippen LogP contribution >= 0.6 is 0 Å². The lowest BCUT2D eigenvalue weighted by atomic mass is 9.82. The number of hydrogen-bond acceptors (Lipinski definition) is 2. The number of rotatable bonds is 4. The summed E-state index contributed by atoms with van der Waals surface area (Å²) in [5.41, 5.74) is 0. The summed E-state index contributed by atoms with van der Waals surface area (Å²) in [6.45, 7) is 1.44. The summed E-state index contributed by atoms with van der Waals surface area (Å²) in [6, 6.07) is -0.180. The van der Waals surface area contributed by atoms with Gasteiger partial charge in [-0.15, -0.1) is 0 Å². The highest BCUT2D eigenvalue weighted by atomic mass is 16.4. The largest absolute Gasteiger partial charge is 0.481 e. The highest BCUT2D eigenvalue weighted by molar-refractivity contribution is 5.75. The third kappa shape index (κ3) is 4.32. The average molecular weight is 213 g/mol. The van der Waals surface area contributed by atoms with Crippen LogP contribution in [-0.4, -0.2) is 23.0 Å². The minimum absolute atomic E-state index is 0.0459. The average Bonchev–Trinajstić information content (AvgIpc) is 2.17. The van der Waals surface area contributed by atoms with E-state index in [1.807, 2.05) is 0 Å². The number of carboxylic acid groups (broad SMARTS) is 1. The van der Waals surface area contributed by atoms with E-state index in [1.54, 1.807) is 0 Å². The van der Waals surface area contributed by atoms with Crippen LogP contribution < -0.4 is 5.32 Å². The van der Waals surface area contributed by atoms with Crippen LogP contribution in [0.2, 0.25) is 0 Å². The molecule has 0 bridgehead atoms. The minimum atomic E-state index is -0.834. The fourth-order valence-corrected chi connectivity index (χ4v) is 2.32. The predicted molar refractivity (Wildman–Crippen MR) is 56.4 cm³/mol. The first kappa shape index (κ1) is 12.0. The van der Waals surface area contributed by atoms with Gasteiger partial charge >= 0.3 is 5.97 Å². The maximum atomic E-state index is 11.0. The van der Waals surface area contributed by atoms with Crippen LogP contribution in [0, 0.1) is 5.92 Å². The Morgan fingerprint density at radius 2 is 1.93 bits per heavy atom. The zero-order valence-corrected chi connectivity index (χ0v) is 9.16. The Hall–Kier alpha value is -1.06. The molecule has 15 heavy (non-hydrogen) atoms. The Bertz CT molecular complexity index is 218. The number of hydrogen-bond donors (Lipinski definition) is 2. The molecule has 2 N–H and O–H groups in total. The van der Waals surface area contributed by atoms with Gasteiger partial charge in [0.25, 0.3) is 0 Å². The van der Waals surface area contributed by atoms with Crippen molar-refractivity contribution in [1.82, 2.24) is 5.32 Å². The molecule has 1 saturated carbocycles. The molecule has 86 valence electrons. The van der Waals surface area contributed by atoms with E-state index in [0.717, 1.165) is 25.7 Å². The second kappa shape index (κ2) is 5.73. The Balaban J connectivity index is 2.52. The first-order valence-corrected chi connectivity index (χ1v) is 5.58. The maximum Gasteiger partial charge on any atom is 0.305 e. The number of carbonyl (C=O) groups excluding carboxylic acids is 1. The van der Waals surface area contributed by atoms with Crippen molar-refractivity contribution in [2.75, 3.05) is 0 Å². The highest BCUT2D eigenvalue weighted by Gasteiger charge is 2.26. The van der Waals surface area contributed by atoms with Gasteiger partial charge in [0, 0.05) is 13.0 Å². The third-order valence-electron chi connectivity index (χ3n) is 3.00. The van der Waals surface area contributed by atoms with E-state index >= 15 is 0 Å². The van der Waals surface area contributed by atoms with Crippen molar-refractivity contribution in [3.63, 3.8) is 0 Å². The second-order valence-corrected chi connectivity index (χ2v) is 4.30. The van der Waals surface area contributed by atoms with Gasteiger partial charge in [0.2, 0.25) is 5.91 Å². The fraction of sp³-hybridized carbons (Fsp3) is 0.818. The van der Waals surface area contributed by atoms with Crippen molar-refractivity contribution < 1.29 is 14.7 Å². The Morgan fingerprint density at radius 1 is 1.33 bits per heavy atom. The molecule has 1 aliphatic rings. The first-order valence-electron chi connectivity index (χ1n) is 5.58. The molecule has 0 heterocycles. The predicted octanol–water partition coefficient (Wildman–Crippen LogP) is 1.55. The van der Waals surface area contributed by atoms with E-state index in [2.05, 4.69) is 5.32 Å². The number of nitrogens with one attached hydrogen (secondary N) is 1. The topological polar surface area (TPSA) is 66.4 Å². The van der Waals surface area contributed by atoms with Crippen LogP contribution in [0.15, 0.2) is 0 Å². The van der Waals surface area contributed by atoms with Crippen molar-refractivity contribution in [2.24, 2.45) is 5.92 Å². The van der Waals surface area contributed by atoms with Crippen molar-refractivity contribution in [3.8, 4) is 0 Å². The van der Waals surface area contributed by atoms with Gasteiger partial charge in [0.05, 0.1) is 6.42 Å². The molecule has 0 saturated heterocycles. The molecule has 0 aromatic heterocycles. The van der Waals surface area contributed by atoms with Gasteiger partial charge in [-0.2, -0.15) is 0 Å². The van der Waals surface area contributed by atoms with Gasteiger partial charge in [0.1, 0.15) is 0 Å². The van der Waals surface area contributed by atoms with E-state index in [1.165, 1.54) is 13.3 Å². The number of carbonyl (C=O) groups is 2. The molecule has 1 rings (SSSR count). The molecule has 0 radical (unpaired) electrons. The quantitative estimate of drug-likeness (QED) is 0.744. The Kier molecular flexibility index (Phi) is 4.59. The molecule has 0 aromatic carbocycles. The first-order chi connectivity index (χ1) is 7.09. The molecule has 1 fully saturated rings. The van der Waals surface area contributed by atoms with E-state index in [9.17, 15) is 9.59 Å². The number of carboxylic acids is 1. The normalized spacial score (nSPS) is 19.5.